The van der Waals surface area contributed by atoms with E-state index in [-0.39, 0.29) is 0 Å². The number of hydrogen-bond acceptors (Lipinski definition) is 4. The van der Waals surface area contributed by atoms with Crippen molar-refractivity contribution in [3.8, 4) is 56.7 Å². The number of aromatic nitrogens is 5. The van der Waals surface area contributed by atoms with Gasteiger partial charge in [-0.25, -0.2) is 15.0 Å². The van der Waals surface area contributed by atoms with E-state index in [0.717, 1.165) is 116 Å². The molecule has 4 aromatic heterocycles. The van der Waals surface area contributed by atoms with Gasteiger partial charge in [0, 0.05) is 65.5 Å². The molecule has 4 heterocycles. The van der Waals surface area contributed by atoms with Crippen LogP contribution >= 0.6 is 0 Å². The summed E-state index contributed by atoms with van der Waals surface area (Å²) >= 11 is 0. The molecule has 0 spiro atoms. The van der Waals surface area contributed by atoms with E-state index in [2.05, 4.69) is 252 Å². The Morgan fingerprint density at radius 1 is 0.293 bits per heavy atom. The van der Waals surface area contributed by atoms with Crippen LogP contribution in [-0.2, 0) is 0 Å². The zero-order valence-electron chi connectivity index (χ0n) is 40.3. The minimum atomic E-state index is 0.530. The highest BCUT2D eigenvalue weighted by Crippen LogP contribution is 2.45. The molecule has 0 fully saturated rings. The van der Waals surface area contributed by atoms with Crippen LogP contribution in [0.5, 0.6) is 0 Å². The molecule has 0 aliphatic rings. The predicted molar refractivity (Wildman–Crippen MR) is 310 cm³/mol. The summed E-state index contributed by atoms with van der Waals surface area (Å²) in [5, 5.41) is 13.6. The number of benzene rings is 12. The third kappa shape index (κ3) is 6.43. The number of nitrogens with zero attached hydrogens (tertiary/aromatic N) is 5. The van der Waals surface area contributed by atoms with E-state index < -0.39 is 0 Å². The normalized spacial score (nSPS) is 12.0. The van der Waals surface area contributed by atoms with Crippen molar-refractivity contribution in [3.63, 3.8) is 0 Å². The summed E-state index contributed by atoms with van der Waals surface area (Å²) in [6.45, 7) is 0. The second-order valence-electron chi connectivity index (χ2n) is 19.5. The van der Waals surface area contributed by atoms with Crippen molar-refractivity contribution in [1.29, 1.82) is 0 Å². The minimum absolute atomic E-state index is 0.530. The molecule has 0 amide bonds. The Morgan fingerprint density at radius 3 is 1.67 bits per heavy atom. The molecule has 0 radical (unpaired) electrons. The van der Waals surface area contributed by atoms with E-state index >= 15 is 0 Å². The summed E-state index contributed by atoms with van der Waals surface area (Å²) in [6, 6.07) is 88.7. The fourth-order valence-electron chi connectivity index (χ4n) is 11.8. The smallest absolute Gasteiger partial charge is 0.166 e. The number of para-hydroxylation sites is 2. The average Bonchev–Trinajstić information content (AvgIpc) is 4.20. The molecule has 0 bridgehead atoms. The molecule has 0 aliphatic heterocycles. The monoisotopic (exact) mass is 955 g/mol. The van der Waals surface area contributed by atoms with Gasteiger partial charge >= 0.3 is 0 Å². The van der Waals surface area contributed by atoms with Gasteiger partial charge in [0.1, 0.15) is 11.2 Å². The second kappa shape index (κ2) is 16.2. The first-order valence-electron chi connectivity index (χ1n) is 25.4. The van der Waals surface area contributed by atoms with E-state index in [1.54, 1.807) is 0 Å². The molecule has 6 nitrogen and oxygen atoms in total. The second-order valence-corrected chi connectivity index (χ2v) is 19.5. The lowest BCUT2D eigenvalue weighted by Gasteiger charge is -2.16. The predicted octanol–water partition coefficient (Wildman–Crippen LogP) is 18.1. The Bertz CT molecular complexity index is 5010. The number of rotatable bonds is 6. The zero-order valence-corrected chi connectivity index (χ0v) is 40.3. The van der Waals surface area contributed by atoms with E-state index in [0.29, 0.717) is 17.5 Å². The van der Waals surface area contributed by atoms with Crippen molar-refractivity contribution in [2.75, 3.05) is 0 Å². The molecule has 16 aromatic rings. The van der Waals surface area contributed by atoms with Crippen LogP contribution in [0.3, 0.4) is 0 Å². The third-order valence-electron chi connectivity index (χ3n) is 15.3. The van der Waals surface area contributed by atoms with Gasteiger partial charge in [0.2, 0.25) is 0 Å². The van der Waals surface area contributed by atoms with Gasteiger partial charge in [-0.2, -0.15) is 0 Å². The van der Waals surface area contributed by atoms with Gasteiger partial charge in [-0.15, -0.1) is 0 Å². The van der Waals surface area contributed by atoms with Gasteiger partial charge < -0.3 is 13.6 Å². The fourth-order valence-corrected chi connectivity index (χ4v) is 11.8. The van der Waals surface area contributed by atoms with E-state index in [4.69, 9.17) is 19.4 Å². The number of fused-ring (bicyclic) bond motifs is 14. The topological polar surface area (TPSA) is 61.7 Å². The van der Waals surface area contributed by atoms with Crippen molar-refractivity contribution in [3.05, 3.63) is 249 Å². The Hall–Kier alpha value is -10.2. The first-order chi connectivity index (χ1) is 37.2. The summed E-state index contributed by atoms with van der Waals surface area (Å²) in [5.41, 5.74) is 12.8. The van der Waals surface area contributed by atoms with E-state index in [9.17, 15) is 0 Å². The minimum Gasteiger partial charge on any atom is -0.455 e. The van der Waals surface area contributed by atoms with Gasteiger partial charge in [0.15, 0.2) is 17.5 Å². The molecule has 348 valence electrons. The fraction of sp³-hybridized carbons (Fsp3) is 0. The van der Waals surface area contributed by atoms with Crippen LogP contribution < -0.4 is 0 Å². The molecule has 0 N–H and O–H groups in total. The summed E-state index contributed by atoms with van der Waals surface area (Å²) in [6.07, 6.45) is 0. The quantitative estimate of drug-likeness (QED) is 0.167. The van der Waals surface area contributed by atoms with Gasteiger partial charge in [0.05, 0.1) is 27.8 Å². The Balaban J connectivity index is 1.03. The lowest BCUT2D eigenvalue weighted by Crippen LogP contribution is -2.04. The maximum absolute atomic E-state index is 7.05. The lowest BCUT2D eigenvalue weighted by atomic mass is 10.0. The third-order valence-corrected chi connectivity index (χ3v) is 15.3. The summed E-state index contributed by atoms with van der Waals surface area (Å²) in [4.78, 5) is 16.6. The summed E-state index contributed by atoms with van der Waals surface area (Å²) < 4.78 is 11.8. The van der Waals surface area contributed by atoms with E-state index in [1.807, 2.05) is 6.07 Å². The molecule has 16 rings (SSSR count). The summed E-state index contributed by atoms with van der Waals surface area (Å²) in [5.74, 6) is 1.66. The van der Waals surface area contributed by atoms with Crippen LogP contribution in [0.4, 0.5) is 0 Å². The number of hydrogen-bond donors (Lipinski definition) is 0. The molecular weight excluding hydrogens is 915 g/mol. The van der Waals surface area contributed by atoms with Crippen LogP contribution in [0, 0.1) is 0 Å². The van der Waals surface area contributed by atoms with Crippen molar-refractivity contribution >= 4 is 97.9 Å². The maximum atomic E-state index is 7.05. The summed E-state index contributed by atoms with van der Waals surface area (Å²) in [7, 11) is 0. The van der Waals surface area contributed by atoms with Crippen molar-refractivity contribution < 1.29 is 4.42 Å². The van der Waals surface area contributed by atoms with Crippen LogP contribution in [0.25, 0.3) is 155 Å². The molecule has 0 aliphatic carbocycles. The van der Waals surface area contributed by atoms with Crippen LogP contribution in [0.2, 0.25) is 0 Å². The largest absolute Gasteiger partial charge is 0.455 e. The molecule has 6 heteroatoms. The first kappa shape index (κ1) is 41.4. The van der Waals surface area contributed by atoms with Crippen LogP contribution in [-0.4, -0.2) is 24.1 Å². The molecule has 0 saturated carbocycles. The Morgan fingerprint density at radius 2 is 0.867 bits per heavy atom. The Labute approximate surface area is 429 Å². The van der Waals surface area contributed by atoms with E-state index in [1.165, 1.54) is 21.5 Å². The highest BCUT2D eigenvalue weighted by Gasteiger charge is 2.25. The van der Waals surface area contributed by atoms with Gasteiger partial charge in [-0.3, -0.25) is 0 Å². The van der Waals surface area contributed by atoms with Crippen molar-refractivity contribution in [1.82, 2.24) is 24.1 Å². The first-order valence-corrected chi connectivity index (χ1v) is 25.4. The SMILES string of the molecule is c1ccc(-c2cccc(-c3nc(-c4ccc5c6ccccc6n(-c6ccccc6)c5c4)nc(-c4cc5oc6c7ccccc7ccc6c5cc4-n4c5cc6ccccc6cc5c5ccc6ccccc6c54)n3)c2)cc1. The van der Waals surface area contributed by atoms with Crippen LogP contribution in [0.15, 0.2) is 253 Å². The van der Waals surface area contributed by atoms with Gasteiger partial charge in [-0.05, 0) is 93.3 Å². The molecular formula is C69H41N5O. The average molecular weight is 956 g/mol. The lowest BCUT2D eigenvalue weighted by molar-refractivity contribution is 0.672. The van der Waals surface area contributed by atoms with Gasteiger partial charge in [-0.1, -0.05) is 188 Å². The highest BCUT2D eigenvalue weighted by molar-refractivity contribution is 6.22. The molecule has 12 aromatic carbocycles. The van der Waals surface area contributed by atoms with Crippen LogP contribution in [0.1, 0.15) is 0 Å². The maximum Gasteiger partial charge on any atom is 0.166 e. The molecule has 0 saturated heterocycles. The number of furan rings is 1. The standard InChI is InChI=1S/C69H41N5O/c1-3-16-42(17-4-1)45-22-15-23-48(36-45)67-70-68(49-32-33-54-53-28-13-14-29-60(53)73(61(54)39-49)50-24-5-2-6-25-50)72-69(71-67)59-41-64-58(56-35-31-44-19-10-12-27-52(44)66(56)75-64)40-63(59)74-62-38-47-21-8-7-20-46(47)37-57(62)55-34-30-43-18-9-11-26-51(43)65(55)74/h1-41H. The van der Waals surface area contributed by atoms with Gasteiger partial charge in [0.25, 0.3) is 0 Å². The molecule has 0 unspecified atom stereocenters. The molecule has 75 heavy (non-hydrogen) atoms. The van der Waals surface area contributed by atoms with Crippen molar-refractivity contribution in [2.45, 2.75) is 0 Å². The zero-order chi connectivity index (χ0) is 49.1. The Kier molecular flexibility index (Phi) is 8.94. The van der Waals surface area contributed by atoms with Crippen molar-refractivity contribution in [2.24, 2.45) is 0 Å². The molecule has 0 atom stereocenters. The highest BCUT2D eigenvalue weighted by atomic mass is 16.3.